The number of nitrogens with zero attached hydrogens (tertiary/aromatic N) is 1. The van der Waals surface area contributed by atoms with Crippen molar-refractivity contribution < 1.29 is 9.59 Å². The minimum atomic E-state index is -0.867. The molecule has 0 aliphatic carbocycles. The molecule has 0 aliphatic heterocycles. The number of nitrogens with one attached hydrogen (secondary N) is 1. The first-order chi connectivity index (χ1) is 6.08. The van der Waals surface area contributed by atoms with E-state index in [-0.39, 0.29) is 6.42 Å². The second-order valence-corrected chi connectivity index (χ2v) is 3.16. The molecule has 13 heavy (non-hydrogen) atoms. The van der Waals surface area contributed by atoms with Gasteiger partial charge in [0, 0.05) is 5.38 Å². The number of nitrogen functional groups attached to an aromatic ring is 1. The zero-order chi connectivity index (χ0) is 9.84. The van der Waals surface area contributed by atoms with Crippen LogP contribution in [0.3, 0.4) is 0 Å². The molecule has 5 N–H and O–H groups in total. The Morgan fingerprint density at radius 1 is 1.62 bits per heavy atom. The number of urea groups is 1. The van der Waals surface area contributed by atoms with Gasteiger partial charge in [0.2, 0.25) is 5.91 Å². The molecule has 0 unspecified atom stereocenters. The zero-order valence-corrected chi connectivity index (χ0v) is 7.43. The van der Waals surface area contributed by atoms with Crippen LogP contribution in [0, 0.1) is 0 Å². The maximum absolute atomic E-state index is 10.9. The highest BCUT2D eigenvalue weighted by Gasteiger charge is 2.07. The molecule has 0 aliphatic rings. The quantitative estimate of drug-likeness (QED) is 0.595. The van der Waals surface area contributed by atoms with Crippen LogP contribution >= 0.6 is 11.3 Å². The summed E-state index contributed by atoms with van der Waals surface area (Å²) in [7, 11) is 0. The molecule has 1 aromatic heterocycles. The zero-order valence-electron chi connectivity index (χ0n) is 6.61. The van der Waals surface area contributed by atoms with Gasteiger partial charge in [-0.1, -0.05) is 0 Å². The summed E-state index contributed by atoms with van der Waals surface area (Å²) in [6.07, 6.45) is 0.0106. The monoisotopic (exact) mass is 200 g/mol. The van der Waals surface area contributed by atoms with Crippen LogP contribution in [0.2, 0.25) is 0 Å². The van der Waals surface area contributed by atoms with E-state index in [1.165, 1.54) is 11.3 Å². The SMILES string of the molecule is NC(=O)NC(=O)Cc1csc(N)n1. The number of anilines is 1. The van der Waals surface area contributed by atoms with Crippen LogP contribution in [-0.4, -0.2) is 16.9 Å². The molecule has 1 heterocycles. The molecule has 7 heteroatoms. The van der Waals surface area contributed by atoms with Crippen molar-refractivity contribution >= 4 is 28.4 Å². The number of nitrogens with two attached hydrogens (primary N) is 2. The maximum atomic E-state index is 10.9. The van der Waals surface area contributed by atoms with Crippen LogP contribution in [0.5, 0.6) is 0 Å². The smallest absolute Gasteiger partial charge is 0.318 e. The summed E-state index contributed by atoms with van der Waals surface area (Å²) in [5, 5.41) is 3.96. The minimum absolute atomic E-state index is 0.0106. The normalized spacial score (nSPS) is 9.54. The fraction of sp³-hybridized carbons (Fsp3) is 0.167. The van der Waals surface area contributed by atoms with Crippen molar-refractivity contribution in [3.63, 3.8) is 0 Å². The number of thiazole rings is 1. The van der Waals surface area contributed by atoms with Crippen LogP contribution in [0.1, 0.15) is 5.69 Å². The van der Waals surface area contributed by atoms with Crippen LogP contribution in [0.15, 0.2) is 5.38 Å². The van der Waals surface area contributed by atoms with Crippen LogP contribution in [0.25, 0.3) is 0 Å². The Balaban J connectivity index is 2.50. The van der Waals surface area contributed by atoms with Crippen LogP contribution in [-0.2, 0) is 11.2 Å². The molecule has 0 bridgehead atoms. The lowest BCUT2D eigenvalue weighted by Crippen LogP contribution is -2.35. The van der Waals surface area contributed by atoms with E-state index in [2.05, 4.69) is 4.98 Å². The van der Waals surface area contributed by atoms with E-state index in [4.69, 9.17) is 11.5 Å². The van der Waals surface area contributed by atoms with Crippen molar-refractivity contribution in [2.24, 2.45) is 5.73 Å². The molecular weight excluding hydrogens is 192 g/mol. The van der Waals surface area contributed by atoms with Gasteiger partial charge >= 0.3 is 6.03 Å². The topological polar surface area (TPSA) is 111 Å². The minimum Gasteiger partial charge on any atom is -0.375 e. The van der Waals surface area contributed by atoms with Gasteiger partial charge in [0.15, 0.2) is 5.13 Å². The number of carbonyl (C=O) groups excluding carboxylic acids is 2. The van der Waals surface area contributed by atoms with Gasteiger partial charge in [0.05, 0.1) is 12.1 Å². The molecule has 3 amide bonds. The number of primary amides is 1. The molecule has 0 spiro atoms. The summed E-state index contributed by atoms with van der Waals surface area (Å²) in [4.78, 5) is 25.0. The highest BCUT2D eigenvalue weighted by molar-refractivity contribution is 7.13. The number of imide groups is 1. The molecule has 0 saturated heterocycles. The number of aromatic nitrogens is 1. The van der Waals surface area contributed by atoms with Gasteiger partial charge in [-0.2, -0.15) is 0 Å². The summed E-state index contributed by atoms with van der Waals surface area (Å²) in [6, 6.07) is -0.867. The van der Waals surface area contributed by atoms with Crippen LogP contribution < -0.4 is 16.8 Å². The first kappa shape index (κ1) is 9.46. The van der Waals surface area contributed by atoms with Crippen molar-refractivity contribution in [1.29, 1.82) is 0 Å². The Bertz CT molecular complexity index is 335. The second kappa shape index (κ2) is 3.85. The molecular formula is C6H8N4O2S. The molecule has 70 valence electrons. The summed E-state index contributed by atoms with van der Waals surface area (Å²) in [6.45, 7) is 0. The van der Waals surface area contributed by atoms with E-state index < -0.39 is 11.9 Å². The lowest BCUT2D eigenvalue weighted by Gasteiger charge is -1.96. The largest absolute Gasteiger partial charge is 0.375 e. The Morgan fingerprint density at radius 2 is 2.31 bits per heavy atom. The van der Waals surface area contributed by atoms with E-state index in [1.807, 2.05) is 5.32 Å². The van der Waals surface area contributed by atoms with E-state index in [0.29, 0.717) is 10.8 Å². The summed E-state index contributed by atoms with van der Waals surface area (Å²) < 4.78 is 0. The molecule has 1 rings (SSSR count). The summed E-state index contributed by atoms with van der Waals surface area (Å²) in [5.74, 6) is -0.488. The standard InChI is InChI=1S/C6H8N4O2S/c7-5(12)10-4(11)1-3-2-13-6(8)9-3/h2H,1H2,(H2,8,9)(H3,7,10,11,12). The average Bonchev–Trinajstić information content (AvgIpc) is 2.33. The molecule has 6 nitrogen and oxygen atoms in total. The average molecular weight is 200 g/mol. The maximum Gasteiger partial charge on any atom is 0.318 e. The highest BCUT2D eigenvalue weighted by Crippen LogP contribution is 2.10. The fourth-order valence-corrected chi connectivity index (χ4v) is 1.31. The summed E-state index contributed by atoms with van der Waals surface area (Å²) in [5.41, 5.74) is 10.6. The molecule has 1 aromatic rings. The van der Waals surface area contributed by atoms with E-state index in [9.17, 15) is 9.59 Å². The van der Waals surface area contributed by atoms with Gasteiger partial charge in [0.1, 0.15) is 0 Å². The number of hydrogen-bond acceptors (Lipinski definition) is 5. The van der Waals surface area contributed by atoms with Gasteiger partial charge < -0.3 is 11.5 Å². The number of rotatable bonds is 2. The first-order valence-electron chi connectivity index (χ1n) is 3.37. The van der Waals surface area contributed by atoms with E-state index in [1.54, 1.807) is 5.38 Å². The molecule has 0 radical (unpaired) electrons. The third-order valence-corrected chi connectivity index (χ3v) is 1.90. The summed E-state index contributed by atoms with van der Waals surface area (Å²) >= 11 is 1.24. The van der Waals surface area contributed by atoms with E-state index >= 15 is 0 Å². The lowest BCUT2D eigenvalue weighted by molar-refractivity contribution is -0.119. The van der Waals surface area contributed by atoms with Crippen LogP contribution in [0.4, 0.5) is 9.93 Å². The molecule has 0 aromatic carbocycles. The highest BCUT2D eigenvalue weighted by atomic mass is 32.1. The number of carbonyl (C=O) groups is 2. The first-order valence-corrected chi connectivity index (χ1v) is 4.25. The lowest BCUT2D eigenvalue weighted by atomic mass is 10.3. The van der Waals surface area contributed by atoms with Crippen molar-refractivity contribution in [2.45, 2.75) is 6.42 Å². The fourth-order valence-electron chi connectivity index (χ4n) is 0.750. The third-order valence-electron chi connectivity index (χ3n) is 1.17. The van der Waals surface area contributed by atoms with Gasteiger partial charge in [-0.05, 0) is 0 Å². The predicted octanol–water partition coefficient (Wildman–Crippen LogP) is -0.537. The molecule has 0 atom stereocenters. The molecule has 0 fully saturated rings. The Morgan fingerprint density at radius 3 is 2.77 bits per heavy atom. The van der Waals surface area contributed by atoms with Crippen molar-refractivity contribution in [1.82, 2.24) is 10.3 Å². The van der Waals surface area contributed by atoms with Crippen molar-refractivity contribution in [3.05, 3.63) is 11.1 Å². The van der Waals surface area contributed by atoms with Gasteiger partial charge in [0.25, 0.3) is 0 Å². The molecule has 0 saturated carbocycles. The van der Waals surface area contributed by atoms with E-state index in [0.717, 1.165) is 0 Å². The second-order valence-electron chi connectivity index (χ2n) is 2.27. The van der Waals surface area contributed by atoms with Crippen molar-refractivity contribution in [2.75, 3.05) is 5.73 Å². The number of hydrogen-bond donors (Lipinski definition) is 3. The number of amides is 3. The van der Waals surface area contributed by atoms with Crippen molar-refractivity contribution in [3.8, 4) is 0 Å². The van der Waals surface area contributed by atoms with Gasteiger partial charge in [-0.3, -0.25) is 10.1 Å². The Hall–Kier alpha value is -1.63. The Labute approximate surface area is 77.9 Å². The van der Waals surface area contributed by atoms with Gasteiger partial charge in [-0.15, -0.1) is 11.3 Å². The third kappa shape index (κ3) is 3.08. The predicted molar refractivity (Wildman–Crippen MR) is 48.0 cm³/mol. The van der Waals surface area contributed by atoms with Gasteiger partial charge in [-0.25, -0.2) is 9.78 Å². The Kier molecular flexibility index (Phi) is 2.80.